The van der Waals surface area contributed by atoms with E-state index < -0.39 is 0 Å². The Hall–Kier alpha value is -4.99. The molecule has 6 rings (SSSR count). The molecule has 4 heterocycles. The molecule has 39 heavy (non-hydrogen) atoms. The number of benzene rings is 1. The van der Waals surface area contributed by atoms with Crippen molar-refractivity contribution in [2.45, 2.75) is 31.8 Å². The molecule has 0 saturated heterocycles. The van der Waals surface area contributed by atoms with E-state index in [1.807, 2.05) is 42.5 Å². The molecule has 2 aromatic heterocycles. The number of allylic oxidation sites excluding steroid dienone is 3. The van der Waals surface area contributed by atoms with E-state index in [1.54, 1.807) is 17.4 Å². The van der Waals surface area contributed by atoms with E-state index in [0.717, 1.165) is 24.8 Å². The first-order valence-electron chi connectivity index (χ1n) is 12.7. The summed E-state index contributed by atoms with van der Waals surface area (Å²) in [5, 5.41) is 12.2. The topological polar surface area (TPSA) is 104 Å². The lowest BCUT2D eigenvalue weighted by Gasteiger charge is -2.24. The average molecular weight is 526 g/mol. The second-order valence-corrected chi connectivity index (χ2v) is 8.99. The lowest BCUT2D eigenvalue weighted by atomic mass is 9.97. The van der Waals surface area contributed by atoms with E-state index in [1.165, 1.54) is 24.4 Å². The van der Waals surface area contributed by atoms with Crippen LogP contribution in [0.25, 0.3) is 11.5 Å². The van der Waals surface area contributed by atoms with Crippen LogP contribution in [-0.2, 0) is 25.5 Å². The van der Waals surface area contributed by atoms with Gasteiger partial charge in [0.05, 0.1) is 18.2 Å². The Kier molecular flexibility index (Phi) is 7.24. The van der Waals surface area contributed by atoms with Crippen molar-refractivity contribution in [1.29, 1.82) is 0 Å². The average Bonchev–Trinajstić information content (AvgIpc) is 3.71. The van der Waals surface area contributed by atoms with E-state index in [9.17, 15) is 0 Å². The summed E-state index contributed by atoms with van der Waals surface area (Å²) >= 11 is 0. The fraction of sp³-hybridized carbons (Fsp3) is 0.207. The number of nitrogens with one attached hydrogen (secondary N) is 1. The largest absolute Gasteiger partial charge is 0.466 e. The monoisotopic (exact) mass is 525 g/mol. The molecular formula is C29H27N5O5. The molecule has 0 fully saturated rings. The summed E-state index contributed by atoms with van der Waals surface area (Å²) < 4.78 is 28.3. The number of nitrogens with zero attached hydrogens (tertiary/aromatic N) is 4. The van der Waals surface area contributed by atoms with Crippen molar-refractivity contribution in [2.75, 3.05) is 17.0 Å². The van der Waals surface area contributed by atoms with Crippen LogP contribution < -0.4 is 10.2 Å². The highest BCUT2D eigenvalue weighted by Gasteiger charge is 2.26. The summed E-state index contributed by atoms with van der Waals surface area (Å²) in [6.45, 7) is 0.586. The molecule has 1 aromatic carbocycles. The Morgan fingerprint density at radius 2 is 1.97 bits per heavy atom. The minimum atomic E-state index is -0.229. The van der Waals surface area contributed by atoms with Crippen LogP contribution in [0.1, 0.15) is 24.8 Å². The molecule has 1 N–H and O–H groups in total. The first kappa shape index (κ1) is 24.4. The highest BCUT2D eigenvalue weighted by atomic mass is 16.7. The second-order valence-electron chi connectivity index (χ2n) is 8.99. The van der Waals surface area contributed by atoms with Crippen molar-refractivity contribution >= 4 is 11.8 Å². The third kappa shape index (κ3) is 5.80. The predicted octanol–water partition coefficient (Wildman–Crippen LogP) is 5.75. The molecule has 1 unspecified atom stereocenters. The lowest BCUT2D eigenvalue weighted by Crippen LogP contribution is -2.25. The van der Waals surface area contributed by atoms with Gasteiger partial charge in [-0.3, -0.25) is 4.90 Å². The molecule has 0 bridgehead atoms. The van der Waals surface area contributed by atoms with Crippen LogP contribution in [-0.4, -0.2) is 28.0 Å². The van der Waals surface area contributed by atoms with E-state index >= 15 is 0 Å². The molecule has 3 aromatic rings. The normalized spacial score (nSPS) is 16.6. The molecule has 1 aliphatic carbocycles. The molecule has 0 radical (unpaired) electrons. The predicted molar refractivity (Wildman–Crippen MR) is 143 cm³/mol. The number of rotatable bonds is 10. The highest BCUT2D eigenvalue weighted by Crippen LogP contribution is 2.32. The first-order chi connectivity index (χ1) is 19.3. The minimum absolute atomic E-state index is 0.128. The molecular weight excluding hydrogens is 498 g/mol. The van der Waals surface area contributed by atoms with Gasteiger partial charge in [0.2, 0.25) is 12.7 Å². The molecule has 0 amide bonds. The summed E-state index contributed by atoms with van der Waals surface area (Å²) in [6, 6.07) is 13.7. The Morgan fingerprint density at radius 3 is 2.77 bits per heavy atom. The van der Waals surface area contributed by atoms with Crippen LogP contribution >= 0.6 is 0 Å². The van der Waals surface area contributed by atoms with Crippen LogP contribution in [0, 0.1) is 0 Å². The summed E-state index contributed by atoms with van der Waals surface area (Å²) in [6.07, 6.45) is 17.0. The fourth-order valence-electron chi connectivity index (χ4n) is 4.42. The van der Waals surface area contributed by atoms with Crippen molar-refractivity contribution in [3.63, 3.8) is 0 Å². The van der Waals surface area contributed by atoms with Gasteiger partial charge in [-0.05, 0) is 37.0 Å². The Labute approximate surface area is 225 Å². The van der Waals surface area contributed by atoms with Gasteiger partial charge >= 0.3 is 6.01 Å². The zero-order valence-electron chi connectivity index (χ0n) is 21.1. The number of anilines is 2. The maximum Gasteiger partial charge on any atom is 0.325 e. The van der Waals surface area contributed by atoms with Gasteiger partial charge in [-0.15, -0.1) is 5.10 Å². The van der Waals surface area contributed by atoms with Crippen LogP contribution in [0.15, 0.2) is 114 Å². The molecule has 198 valence electrons. The van der Waals surface area contributed by atoms with E-state index in [2.05, 4.69) is 38.7 Å². The number of hydrogen-bond donors (Lipinski definition) is 1. The zero-order valence-corrected chi connectivity index (χ0v) is 21.1. The van der Waals surface area contributed by atoms with Gasteiger partial charge in [0.15, 0.2) is 5.76 Å². The third-order valence-corrected chi connectivity index (χ3v) is 6.34. The van der Waals surface area contributed by atoms with Gasteiger partial charge < -0.3 is 28.7 Å². The molecule has 10 nitrogen and oxygen atoms in total. The number of aromatic nitrogens is 3. The van der Waals surface area contributed by atoms with E-state index in [4.69, 9.17) is 23.4 Å². The Morgan fingerprint density at radius 1 is 1.03 bits per heavy atom. The van der Waals surface area contributed by atoms with Crippen molar-refractivity contribution < 1.29 is 23.4 Å². The maximum atomic E-state index is 6.18. The molecule has 0 spiro atoms. The van der Waals surface area contributed by atoms with E-state index in [-0.39, 0.29) is 18.8 Å². The molecule has 0 saturated carbocycles. The van der Waals surface area contributed by atoms with Crippen LogP contribution in [0.5, 0.6) is 0 Å². The first-order valence-corrected chi connectivity index (χ1v) is 12.7. The summed E-state index contributed by atoms with van der Waals surface area (Å²) in [4.78, 5) is 6.37. The summed E-state index contributed by atoms with van der Waals surface area (Å²) in [7, 11) is 0. The van der Waals surface area contributed by atoms with Gasteiger partial charge in [-0.1, -0.05) is 59.2 Å². The van der Waals surface area contributed by atoms with Gasteiger partial charge in [0, 0.05) is 6.20 Å². The maximum absolute atomic E-state index is 6.18. The van der Waals surface area contributed by atoms with Gasteiger partial charge in [-0.2, -0.15) is 0 Å². The third-order valence-electron chi connectivity index (χ3n) is 6.34. The summed E-state index contributed by atoms with van der Waals surface area (Å²) in [5.41, 5.74) is 3.00. The summed E-state index contributed by atoms with van der Waals surface area (Å²) in [5.74, 6) is 2.03. The SMILES string of the molecule is C1=CCCC(CC(Nc2ncccc2-c2nnc(N(Cc3ccccc3)C3=COCO3)o2)C2=COC=CO2)=C1. The fourth-order valence-corrected chi connectivity index (χ4v) is 4.42. The molecule has 3 aliphatic rings. The highest BCUT2D eigenvalue weighted by molar-refractivity contribution is 5.69. The number of pyridine rings is 1. The standard InChI is InChI=1S/C29H27N5O5/c1-3-8-21(9-4-1)16-24(25-18-35-14-15-37-25)31-27-23(12-7-13-30-27)28-32-33-29(39-28)34(26-19-36-20-38-26)17-22-10-5-2-6-11-22/h1-3,5-8,10-15,18-19,24H,4,9,16-17,20H2,(H,30,31). The Bertz CT molecular complexity index is 1440. The quantitative estimate of drug-likeness (QED) is 0.352. The van der Waals surface area contributed by atoms with Crippen LogP contribution in [0.2, 0.25) is 0 Å². The number of ether oxygens (including phenoxy) is 4. The van der Waals surface area contributed by atoms with E-state index in [0.29, 0.717) is 35.5 Å². The lowest BCUT2D eigenvalue weighted by molar-refractivity contribution is 0.0776. The van der Waals surface area contributed by atoms with Crippen molar-refractivity contribution in [2.24, 2.45) is 0 Å². The van der Waals surface area contributed by atoms with Gasteiger partial charge in [0.1, 0.15) is 30.9 Å². The van der Waals surface area contributed by atoms with Crippen LogP contribution in [0.4, 0.5) is 11.8 Å². The van der Waals surface area contributed by atoms with Crippen molar-refractivity contribution in [3.8, 4) is 11.5 Å². The number of hydrogen-bond acceptors (Lipinski definition) is 10. The van der Waals surface area contributed by atoms with Crippen molar-refractivity contribution in [3.05, 3.63) is 115 Å². The van der Waals surface area contributed by atoms with Crippen LogP contribution in [0.3, 0.4) is 0 Å². The molecule has 1 atom stereocenters. The van der Waals surface area contributed by atoms with Gasteiger partial charge in [0.25, 0.3) is 5.89 Å². The zero-order chi connectivity index (χ0) is 26.3. The van der Waals surface area contributed by atoms with Gasteiger partial charge in [-0.25, -0.2) is 4.98 Å². The second kappa shape index (κ2) is 11.6. The van der Waals surface area contributed by atoms with Crippen molar-refractivity contribution in [1.82, 2.24) is 15.2 Å². The molecule has 2 aliphatic heterocycles. The minimum Gasteiger partial charge on any atom is -0.466 e. The molecule has 10 heteroatoms. The Balaban J connectivity index is 1.28. The smallest absolute Gasteiger partial charge is 0.325 e.